The van der Waals surface area contributed by atoms with Crippen LogP contribution in [0.25, 0.3) is 0 Å². The number of nitrogens with one attached hydrogen (secondary N) is 2. The van der Waals surface area contributed by atoms with Crippen LogP contribution in [0.1, 0.15) is 46.0 Å². The lowest BCUT2D eigenvalue weighted by atomic mass is 9.81. The number of hydrazine groups is 1. The molecular formula is C14H26N6O. The Morgan fingerprint density at radius 3 is 2.52 bits per heavy atom. The summed E-state index contributed by atoms with van der Waals surface area (Å²) in [7, 11) is 0. The molecule has 0 aromatic carbocycles. The highest BCUT2D eigenvalue weighted by Gasteiger charge is 2.17. The maximum Gasteiger partial charge on any atom is 0.323 e. The number of hydrogen-bond acceptors (Lipinski definition) is 7. The van der Waals surface area contributed by atoms with Crippen LogP contribution in [0, 0.1) is 11.8 Å². The van der Waals surface area contributed by atoms with Crippen LogP contribution in [-0.4, -0.2) is 28.1 Å². The molecule has 0 saturated heterocycles. The summed E-state index contributed by atoms with van der Waals surface area (Å²) >= 11 is 0. The number of hydrogen-bond donors (Lipinski definition) is 3. The van der Waals surface area contributed by atoms with Gasteiger partial charge in [-0.05, 0) is 25.2 Å². The Labute approximate surface area is 126 Å². The summed E-state index contributed by atoms with van der Waals surface area (Å²) in [6.45, 7) is 5.60. The molecule has 7 heteroatoms. The van der Waals surface area contributed by atoms with Crippen LogP contribution in [0.2, 0.25) is 0 Å². The molecule has 21 heavy (non-hydrogen) atoms. The standard InChI is InChI=1S/C14H26N6O/c1-3-21-14-18-12(17-13(19-14)20-15)16-9-8-11-6-4-10(2)5-7-11/h10-11H,3-9,15H2,1-2H3,(H2,16,17,18,19,20). The summed E-state index contributed by atoms with van der Waals surface area (Å²) in [5.74, 6) is 7.88. The third-order valence-electron chi connectivity index (χ3n) is 3.99. The van der Waals surface area contributed by atoms with Gasteiger partial charge in [-0.2, -0.15) is 15.0 Å². The second-order valence-corrected chi connectivity index (χ2v) is 5.68. The highest BCUT2D eigenvalue weighted by molar-refractivity contribution is 5.34. The third-order valence-corrected chi connectivity index (χ3v) is 3.99. The van der Waals surface area contributed by atoms with Crippen LogP contribution in [0.4, 0.5) is 11.9 Å². The van der Waals surface area contributed by atoms with E-state index in [-0.39, 0.29) is 6.01 Å². The van der Waals surface area contributed by atoms with Crippen LogP contribution < -0.4 is 21.3 Å². The molecule has 0 atom stereocenters. The number of aromatic nitrogens is 3. The first-order chi connectivity index (χ1) is 10.2. The monoisotopic (exact) mass is 294 g/mol. The van der Waals surface area contributed by atoms with E-state index in [4.69, 9.17) is 10.6 Å². The Kier molecular flexibility index (Phi) is 5.98. The average Bonchev–Trinajstić information content (AvgIpc) is 2.49. The first-order valence-corrected chi connectivity index (χ1v) is 7.80. The summed E-state index contributed by atoms with van der Waals surface area (Å²) in [5, 5.41) is 3.24. The average molecular weight is 294 g/mol. The topological polar surface area (TPSA) is 98.0 Å². The third kappa shape index (κ3) is 5.00. The van der Waals surface area contributed by atoms with Crippen LogP contribution >= 0.6 is 0 Å². The lowest BCUT2D eigenvalue weighted by molar-refractivity contribution is 0.281. The largest absolute Gasteiger partial charge is 0.464 e. The summed E-state index contributed by atoms with van der Waals surface area (Å²) in [5.41, 5.74) is 2.43. The summed E-state index contributed by atoms with van der Waals surface area (Å²) < 4.78 is 5.30. The molecule has 1 aliphatic rings. The predicted octanol–water partition coefficient (Wildman–Crippen LogP) is 2.18. The van der Waals surface area contributed by atoms with Crippen molar-refractivity contribution < 1.29 is 4.74 Å². The zero-order valence-electron chi connectivity index (χ0n) is 12.9. The van der Waals surface area contributed by atoms with Crippen molar-refractivity contribution in [2.45, 2.75) is 46.0 Å². The van der Waals surface area contributed by atoms with E-state index in [9.17, 15) is 0 Å². The van der Waals surface area contributed by atoms with Crippen molar-refractivity contribution in [1.82, 2.24) is 15.0 Å². The molecule has 0 spiro atoms. The smallest absolute Gasteiger partial charge is 0.323 e. The van der Waals surface area contributed by atoms with Gasteiger partial charge in [0.1, 0.15) is 0 Å². The first kappa shape index (κ1) is 15.8. The summed E-state index contributed by atoms with van der Waals surface area (Å²) in [6, 6.07) is 0.287. The zero-order valence-corrected chi connectivity index (χ0v) is 12.9. The lowest BCUT2D eigenvalue weighted by Gasteiger charge is -2.26. The van der Waals surface area contributed by atoms with Gasteiger partial charge in [0.05, 0.1) is 6.61 Å². The van der Waals surface area contributed by atoms with E-state index in [1.165, 1.54) is 25.7 Å². The molecule has 0 amide bonds. The number of nitrogens with two attached hydrogens (primary N) is 1. The number of rotatable bonds is 7. The fourth-order valence-corrected chi connectivity index (χ4v) is 2.70. The quantitative estimate of drug-likeness (QED) is 0.523. The van der Waals surface area contributed by atoms with Gasteiger partial charge in [0.25, 0.3) is 0 Å². The SMILES string of the molecule is CCOc1nc(NN)nc(NCCC2CCC(C)CC2)n1. The molecule has 0 radical (unpaired) electrons. The highest BCUT2D eigenvalue weighted by Crippen LogP contribution is 2.30. The highest BCUT2D eigenvalue weighted by atomic mass is 16.5. The van der Waals surface area contributed by atoms with Gasteiger partial charge in [-0.3, -0.25) is 5.43 Å². The Morgan fingerprint density at radius 1 is 1.14 bits per heavy atom. The molecule has 1 aromatic rings. The van der Waals surface area contributed by atoms with E-state index in [2.05, 4.69) is 32.6 Å². The van der Waals surface area contributed by atoms with Gasteiger partial charge >= 0.3 is 6.01 Å². The van der Waals surface area contributed by atoms with E-state index in [0.717, 1.165) is 24.8 Å². The van der Waals surface area contributed by atoms with E-state index in [1.807, 2.05) is 6.92 Å². The Hall–Kier alpha value is -1.63. The van der Waals surface area contributed by atoms with Crippen molar-refractivity contribution in [2.24, 2.45) is 17.7 Å². The van der Waals surface area contributed by atoms with Crippen LogP contribution in [0.15, 0.2) is 0 Å². The second-order valence-electron chi connectivity index (χ2n) is 5.68. The fraction of sp³-hybridized carbons (Fsp3) is 0.786. The molecule has 0 aliphatic heterocycles. The first-order valence-electron chi connectivity index (χ1n) is 7.80. The number of nitrogen functional groups attached to an aromatic ring is 1. The Morgan fingerprint density at radius 2 is 1.86 bits per heavy atom. The molecule has 0 bridgehead atoms. The number of ether oxygens (including phenoxy) is 1. The minimum absolute atomic E-state index is 0.287. The van der Waals surface area contributed by atoms with Gasteiger partial charge in [0, 0.05) is 6.54 Å². The second kappa shape index (κ2) is 7.97. The van der Waals surface area contributed by atoms with Gasteiger partial charge in [-0.15, -0.1) is 0 Å². The summed E-state index contributed by atoms with van der Waals surface area (Å²) in [6.07, 6.45) is 6.52. The van der Waals surface area contributed by atoms with Crippen molar-refractivity contribution in [1.29, 1.82) is 0 Å². The normalized spacial score (nSPS) is 21.9. The number of nitrogens with zero attached hydrogens (tertiary/aromatic N) is 3. The van der Waals surface area contributed by atoms with Gasteiger partial charge in [0.2, 0.25) is 11.9 Å². The van der Waals surface area contributed by atoms with E-state index >= 15 is 0 Å². The Bertz CT molecular complexity index is 433. The van der Waals surface area contributed by atoms with Crippen molar-refractivity contribution in [3.63, 3.8) is 0 Å². The van der Waals surface area contributed by atoms with E-state index < -0.39 is 0 Å². The Balaban J connectivity index is 1.83. The summed E-state index contributed by atoms with van der Waals surface area (Å²) in [4.78, 5) is 12.4. The van der Waals surface area contributed by atoms with Gasteiger partial charge in [-0.25, -0.2) is 5.84 Å². The van der Waals surface area contributed by atoms with Crippen molar-refractivity contribution in [3.8, 4) is 6.01 Å². The molecule has 1 fully saturated rings. The van der Waals surface area contributed by atoms with Gasteiger partial charge in [0.15, 0.2) is 0 Å². The molecule has 2 rings (SSSR count). The molecule has 0 unspecified atom stereocenters. The van der Waals surface area contributed by atoms with Crippen LogP contribution in [-0.2, 0) is 0 Å². The molecule has 1 aromatic heterocycles. The van der Waals surface area contributed by atoms with Crippen molar-refractivity contribution in [2.75, 3.05) is 23.9 Å². The molecule has 4 N–H and O–H groups in total. The zero-order chi connectivity index (χ0) is 15.1. The van der Waals surface area contributed by atoms with Crippen LogP contribution in [0.3, 0.4) is 0 Å². The van der Waals surface area contributed by atoms with Crippen LogP contribution in [0.5, 0.6) is 6.01 Å². The minimum atomic E-state index is 0.287. The molecule has 1 saturated carbocycles. The minimum Gasteiger partial charge on any atom is -0.464 e. The molecule has 1 heterocycles. The predicted molar refractivity (Wildman–Crippen MR) is 83.0 cm³/mol. The number of anilines is 2. The molecular weight excluding hydrogens is 268 g/mol. The lowest BCUT2D eigenvalue weighted by Crippen LogP contribution is -2.18. The van der Waals surface area contributed by atoms with E-state index in [1.54, 1.807) is 0 Å². The molecule has 7 nitrogen and oxygen atoms in total. The van der Waals surface area contributed by atoms with Crippen molar-refractivity contribution >= 4 is 11.9 Å². The van der Waals surface area contributed by atoms with Gasteiger partial charge < -0.3 is 10.1 Å². The fourth-order valence-electron chi connectivity index (χ4n) is 2.70. The molecule has 118 valence electrons. The van der Waals surface area contributed by atoms with Gasteiger partial charge in [-0.1, -0.05) is 32.6 Å². The maximum absolute atomic E-state index is 5.36. The van der Waals surface area contributed by atoms with Crippen molar-refractivity contribution in [3.05, 3.63) is 0 Å². The maximum atomic E-state index is 5.36. The molecule has 1 aliphatic carbocycles. The van der Waals surface area contributed by atoms with E-state index in [0.29, 0.717) is 18.5 Å².